The van der Waals surface area contributed by atoms with Crippen molar-refractivity contribution in [3.05, 3.63) is 29.4 Å². The van der Waals surface area contributed by atoms with Gasteiger partial charge in [0.05, 0.1) is 0 Å². The van der Waals surface area contributed by atoms with Crippen molar-refractivity contribution in [2.24, 2.45) is 0 Å². The number of aromatic nitrogens is 1. The highest BCUT2D eigenvalue weighted by Gasteiger charge is 2.27. The molecule has 2 rings (SSSR count). The molecular formula is C13H13F4NO2. The molecule has 1 aromatic carbocycles. The van der Waals surface area contributed by atoms with Crippen molar-refractivity contribution in [2.75, 3.05) is 6.61 Å². The first-order valence-corrected chi connectivity index (χ1v) is 5.99. The largest absolute Gasteiger partial charge is 0.438 e. The van der Waals surface area contributed by atoms with Crippen LogP contribution >= 0.6 is 0 Å². The van der Waals surface area contributed by atoms with Crippen LogP contribution in [0.25, 0.3) is 11.1 Å². The van der Waals surface area contributed by atoms with Crippen molar-refractivity contribution in [3.63, 3.8) is 0 Å². The van der Waals surface area contributed by atoms with Crippen LogP contribution < -0.4 is 0 Å². The molecule has 0 atom stereocenters. The Labute approximate surface area is 112 Å². The Morgan fingerprint density at radius 3 is 2.60 bits per heavy atom. The number of oxazole rings is 1. The zero-order chi connectivity index (χ0) is 14.9. The summed E-state index contributed by atoms with van der Waals surface area (Å²) in [6.07, 6.45) is -4.40. The molecule has 20 heavy (non-hydrogen) atoms. The number of halogens is 4. The van der Waals surface area contributed by atoms with Crippen LogP contribution in [0, 0.1) is 5.82 Å². The second kappa shape index (κ2) is 5.40. The van der Waals surface area contributed by atoms with Gasteiger partial charge in [-0.15, -0.1) is 0 Å². The van der Waals surface area contributed by atoms with E-state index in [1.807, 2.05) is 13.8 Å². The monoisotopic (exact) mass is 291 g/mol. The molecule has 0 N–H and O–H groups in total. The second-order valence-corrected chi connectivity index (χ2v) is 4.71. The number of benzene rings is 1. The average Bonchev–Trinajstić information content (AvgIpc) is 2.67. The van der Waals surface area contributed by atoms with Crippen molar-refractivity contribution in [1.82, 2.24) is 4.98 Å². The summed E-state index contributed by atoms with van der Waals surface area (Å²) in [5.74, 6) is -0.456. The van der Waals surface area contributed by atoms with Gasteiger partial charge in [0, 0.05) is 6.07 Å². The molecule has 0 aliphatic rings. The number of nitrogens with zero attached hydrogens (tertiary/aromatic N) is 1. The Hall–Kier alpha value is -1.63. The molecule has 0 spiro atoms. The molecule has 0 unspecified atom stereocenters. The third-order valence-corrected chi connectivity index (χ3v) is 2.66. The molecule has 1 heterocycles. The van der Waals surface area contributed by atoms with E-state index in [0.717, 1.165) is 0 Å². The minimum absolute atomic E-state index is 0.00967. The van der Waals surface area contributed by atoms with Gasteiger partial charge < -0.3 is 9.15 Å². The molecule has 110 valence electrons. The molecule has 0 aliphatic carbocycles. The van der Waals surface area contributed by atoms with Crippen LogP contribution in [0.1, 0.15) is 31.2 Å². The fraction of sp³-hybridized carbons (Fsp3) is 0.462. The zero-order valence-electron chi connectivity index (χ0n) is 10.9. The lowest BCUT2D eigenvalue weighted by molar-refractivity contribution is -0.177. The van der Waals surface area contributed by atoms with Gasteiger partial charge in [0.25, 0.3) is 0 Å². The minimum atomic E-state index is -4.40. The van der Waals surface area contributed by atoms with E-state index in [0.29, 0.717) is 11.1 Å². The van der Waals surface area contributed by atoms with Crippen LogP contribution in [-0.2, 0) is 11.3 Å². The number of hydrogen-bond donors (Lipinski definition) is 0. The fourth-order valence-corrected chi connectivity index (χ4v) is 1.77. The zero-order valence-corrected chi connectivity index (χ0v) is 10.9. The summed E-state index contributed by atoms with van der Waals surface area (Å²) in [7, 11) is 0. The molecule has 3 nitrogen and oxygen atoms in total. The molecule has 0 radical (unpaired) electrons. The summed E-state index contributed by atoms with van der Waals surface area (Å²) in [6, 6.07) is 2.72. The third kappa shape index (κ3) is 3.47. The number of fused-ring (bicyclic) bond motifs is 1. The Balaban J connectivity index is 2.17. The summed E-state index contributed by atoms with van der Waals surface area (Å²) in [5.41, 5.74) is 1.06. The lowest BCUT2D eigenvalue weighted by atomic mass is 10.0. The van der Waals surface area contributed by atoms with Crippen molar-refractivity contribution in [3.8, 4) is 0 Å². The van der Waals surface area contributed by atoms with E-state index in [-0.39, 0.29) is 17.3 Å². The Kier molecular flexibility index (Phi) is 3.99. The standard InChI is InChI=1S/C13H13F4NO2/c1-7(2)8-3-11-10(4-9(8)14)18-12(20-11)5-19-6-13(15,16)17/h3-4,7H,5-6H2,1-2H3. The smallest absolute Gasteiger partial charge is 0.411 e. The van der Waals surface area contributed by atoms with E-state index in [1.54, 1.807) is 0 Å². The second-order valence-electron chi connectivity index (χ2n) is 4.71. The summed E-state index contributed by atoms with van der Waals surface area (Å²) >= 11 is 0. The molecular weight excluding hydrogens is 278 g/mol. The first kappa shape index (κ1) is 14.8. The lowest BCUT2D eigenvalue weighted by Gasteiger charge is -2.05. The van der Waals surface area contributed by atoms with E-state index < -0.39 is 25.2 Å². The van der Waals surface area contributed by atoms with E-state index in [4.69, 9.17) is 4.42 Å². The molecule has 1 aromatic heterocycles. The summed E-state index contributed by atoms with van der Waals surface area (Å²) in [5, 5.41) is 0. The SMILES string of the molecule is CC(C)c1cc2oc(COCC(F)(F)F)nc2cc1F. The fourth-order valence-electron chi connectivity index (χ4n) is 1.77. The predicted octanol–water partition coefficient (Wildman–Crippen LogP) is 4.17. The van der Waals surface area contributed by atoms with E-state index in [1.165, 1.54) is 12.1 Å². The quantitative estimate of drug-likeness (QED) is 0.793. The first-order chi connectivity index (χ1) is 9.26. The maximum atomic E-state index is 13.7. The molecule has 0 amide bonds. The summed E-state index contributed by atoms with van der Waals surface area (Å²) in [6.45, 7) is 1.87. The Morgan fingerprint density at radius 1 is 1.30 bits per heavy atom. The van der Waals surface area contributed by atoms with Crippen LogP contribution in [0.15, 0.2) is 16.5 Å². The van der Waals surface area contributed by atoms with E-state index in [2.05, 4.69) is 9.72 Å². The van der Waals surface area contributed by atoms with E-state index in [9.17, 15) is 17.6 Å². The van der Waals surface area contributed by atoms with Gasteiger partial charge in [-0.05, 0) is 17.5 Å². The Morgan fingerprint density at radius 2 is 2.00 bits per heavy atom. The normalized spacial score (nSPS) is 12.6. The van der Waals surface area contributed by atoms with Crippen LogP contribution in [0.3, 0.4) is 0 Å². The van der Waals surface area contributed by atoms with Gasteiger partial charge in [-0.1, -0.05) is 13.8 Å². The van der Waals surface area contributed by atoms with Crippen LogP contribution in [0.4, 0.5) is 17.6 Å². The van der Waals surface area contributed by atoms with Gasteiger partial charge in [0.2, 0.25) is 5.89 Å². The number of rotatable bonds is 4. The van der Waals surface area contributed by atoms with Gasteiger partial charge in [-0.2, -0.15) is 13.2 Å². The van der Waals surface area contributed by atoms with E-state index >= 15 is 0 Å². The molecule has 0 bridgehead atoms. The number of ether oxygens (including phenoxy) is 1. The van der Waals surface area contributed by atoms with Gasteiger partial charge in [0.15, 0.2) is 5.58 Å². The van der Waals surface area contributed by atoms with Crippen LogP contribution in [-0.4, -0.2) is 17.8 Å². The average molecular weight is 291 g/mol. The summed E-state index contributed by atoms with van der Waals surface area (Å²) in [4.78, 5) is 3.89. The van der Waals surface area contributed by atoms with Gasteiger partial charge in [0.1, 0.15) is 24.5 Å². The molecule has 0 saturated carbocycles. The van der Waals surface area contributed by atoms with Gasteiger partial charge >= 0.3 is 6.18 Å². The number of alkyl halides is 3. The Bertz CT molecular complexity index is 604. The van der Waals surface area contributed by atoms with Crippen molar-refractivity contribution < 1.29 is 26.7 Å². The molecule has 0 fully saturated rings. The highest BCUT2D eigenvalue weighted by Crippen LogP contribution is 2.25. The highest BCUT2D eigenvalue weighted by atomic mass is 19.4. The molecule has 2 aromatic rings. The highest BCUT2D eigenvalue weighted by molar-refractivity contribution is 5.73. The van der Waals surface area contributed by atoms with Crippen LogP contribution in [0.2, 0.25) is 0 Å². The minimum Gasteiger partial charge on any atom is -0.438 e. The van der Waals surface area contributed by atoms with Gasteiger partial charge in [-0.3, -0.25) is 0 Å². The maximum Gasteiger partial charge on any atom is 0.411 e. The van der Waals surface area contributed by atoms with Crippen LogP contribution in [0.5, 0.6) is 0 Å². The summed E-state index contributed by atoms with van der Waals surface area (Å²) < 4.78 is 59.2. The topological polar surface area (TPSA) is 35.3 Å². The third-order valence-electron chi connectivity index (χ3n) is 2.66. The van der Waals surface area contributed by atoms with Crippen molar-refractivity contribution in [2.45, 2.75) is 32.5 Å². The first-order valence-electron chi connectivity index (χ1n) is 5.99. The lowest BCUT2D eigenvalue weighted by Crippen LogP contribution is -2.16. The maximum absolute atomic E-state index is 13.7. The van der Waals surface area contributed by atoms with Gasteiger partial charge in [-0.25, -0.2) is 9.37 Å². The van der Waals surface area contributed by atoms with Crippen molar-refractivity contribution >= 4 is 11.1 Å². The molecule has 0 aliphatic heterocycles. The number of hydrogen-bond acceptors (Lipinski definition) is 3. The molecule has 7 heteroatoms. The predicted molar refractivity (Wildman–Crippen MR) is 63.8 cm³/mol. The van der Waals surface area contributed by atoms with Crippen molar-refractivity contribution in [1.29, 1.82) is 0 Å². The molecule has 0 saturated heterocycles.